The van der Waals surface area contributed by atoms with Gasteiger partial charge in [-0.3, -0.25) is 4.57 Å². The Morgan fingerprint density at radius 3 is 1.38 bits per heavy atom. The summed E-state index contributed by atoms with van der Waals surface area (Å²) in [5, 5.41) is 8.72. The summed E-state index contributed by atoms with van der Waals surface area (Å²) in [7, 11) is -3.78. The molecule has 4 heterocycles. The monoisotopic (exact) mass is 995 g/mol. The number of aromatic nitrogens is 6. The van der Waals surface area contributed by atoms with Crippen molar-refractivity contribution < 1.29 is 12.3 Å². The van der Waals surface area contributed by atoms with Gasteiger partial charge in [-0.2, -0.15) is 9.97 Å². The van der Waals surface area contributed by atoms with Gasteiger partial charge in [0, 0.05) is 49.1 Å². The van der Waals surface area contributed by atoms with Crippen molar-refractivity contribution in [1.82, 2.24) is 28.7 Å². The van der Waals surface area contributed by atoms with Crippen LogP contribution < -0.4 is 20.7 Å². The Labute approximate surface area is 452 Å². The quantitative estimate of drug-likeness (QED) is 0.107. The number of hydrogen-bond acceptors (Lipinski definition) is 3. The van der Waals surface area contributed by atoms with Gasteiger partial charge in [-0.25, -0.2) is 4.98 Å². The van der Waals surface area contributed by atoms with Crippen LogP contribution in [0.1, 0.15) is 12.3 Å². The van der Waals surface area contributed by atoms with E-state index in [4.69, 9.17) is 19.1 Å². The van der Waals surface area contributed by atoms with Gasteiger partial charge in [0.25, 0.3) is 0 Å². The highest BCUT2D eigenvalue weighted by molar-refractivity contribution is 7.19. The van der Waals surface area contributed by atoms with Crippen LogP contribution in [-0.4, -0.2) is 36.7 Å². The number of para-hydroxylation sites is 5. The van der Waals surface area contributed by atoms with Crippen molar-refractivity contribution in [2.45, 2.75) is 0 Å². The van der Waals surface area contributed by atoms with Gasteiger partial charge in [0.05, 0.1) is 51.1 Å². The van der Waals surface area contributed by atoms with Gasteiger partial charge in [-0.1, -0.05) is 230 Å². The minimum atomic E-state index is -3.78. The third-order valence-electron chi connectivity index (χ3n) is 14.8. The van der Waals surface area contributed by atoms with Gasteiger partial charge in [0.15, 0.2) is 19.7 Å². The zero-order chi connectivity index (χ0) is 58.0. The standard InChI is InChI=1S/C69H46N6Si/c1-5-23-47(24-6-1)67-70-68(48-25-21-32-53(45-48)76(50-26-7-2-8-27-50,51-28-9-3-10-29-51)52-30-11-4-12-31-52)72-69(71-67)75-63-41-20-15-35-56(63)58-37-22-42-65(66(58)75)74-62-40-19-16-36-57(62)59-46-49(43-44-64(59)74)73-60-38-17-13-33-54(60)55-34-14-18-39-61(55)73/h1-46H/i1D,5D,6D,21D,23D,24D,25D,32D,45D. The van der Waals surface area contributed by atoms with Gasteiger partial charge in [-0.05, 0) is 69.3 Å². The summed E-state index contributed by atoms with van der Waals surface area (Å²) in [5.41, 5.74) is 6.57. The summed E-state index contributed by atoms with van der Waals surface area (Å²) in [6, 6.07) is 70.4. The fourth-order valence-corrected chi connectivity index (χ4v) is 16.1. The van der Waals surface area contributed by atoms with Crippen LogP contribution in [0, 0.1) is 0 Å². The van der Waals surface area contributed by atoms with Crippen LogP contribution in [0.4, 0.5) is 0 Å². The van der Waals surface area contributed by atoms with E-state index in [2.05, 4.69) is 88.0 Å². The Morgan fingerprint density at radius 1 is 0.329 bits per heavy atom. The first kappa shape index (κ1) is 35.2. The molecule has 4 aromatic heterocycles. The molecule has 356 valence electrons. The van der Waals surface area contributed by atoms with Gasteiger partial charge >= 0.3 is 0 Å². The van der Waals surface area contributed by atoms with E-state index >= 15 is 0 Å². The van der Waals surface area contributed by atoms with Crippen molar-refractivity contribution in [3.63, 3.8) is 0 Å². The van der Waals surface area contributed by atoms with E-state index in [9.17, 15) is 8.22 Å². The molecule has 0 bridgehead atoms. The molecule has 0 radical (unpaired) electrons. The number of nitrogens with zero attached hydrogens (tertiary/aromatic N) is 6. The van der Waals surface area contributed by atoms with Crippen LogP contribution in [0.25, 0.3) is 106 Å². The first-order valence-electron chi connectivity index (χ1n) is 29.6. The number of benzene rings is 11. The van der Waals surface area contributed by atoms with Gasteiger partial charge in [0.1, 0.15) is 0 Å². The van der Waals surface area contributed by atoms with E-state index < -0.39 is 50.4 Å². The normalized spacial score (nSPS) is 13.6. The highest BCUT2D eigenvalue weighted by Crippen LogP contribution is 2.41. The number of hydrogen-bond donors (Lipinski definition) is 0. The first-order valence-corrected chi connectivity index (χ1v) is 27.1. The summed E-state index contributed by atoms with van der Waals surface area (Å²) in [4.78, 5) is 15.3. The third-order valence-corrected chi connectivity index (χ3v) is 19.4. The molecule has 0 amide bonds. The predicted molar refractivity (Wildman–Crippen MR) is 317 cm³/mol. The highest BCUT2D eigenvalue weighted by atomic mass is 28.3. The van der Waals surface area contributed by atoms with Crippen molar-refractivity contribution in [2.24, 2.45) is 0 Å². The minimum Gasteiger partial charge on any atom is -0.309 e. The molecule has 0 N–H and O–H groups in total. The molecule has 0 spiro atoms. The summed E-state index contributed by atoms with van der Waals surface area (Å²) >= 11 is 0. The fourth-order valence-electron chi connectivity index (χ4n) is 11.6. The highest BCUT2D eigenvalue weighted by Gasteiger charge is 2.41. The van der Waals surface area contributed by atoms with E-state index in [0.29, 0.717) is 11.0 Å². The van der Waals surface area contributed by atoms with Gasteiger partial charge in [0.2, 0.25) is 5.95 Å². The molecule has 6 nitrogen and oxygen atoms in total. The second-order valence-corrected chi connectivity index (χ2v) is 22.6. The molecule has 11 aromatic carbocycles. The van der Waals surface area contributed by atoms with E-state index in [-0.39, 0.29) is 46.0 Å². The molecule has 0 fully saturated rings. The molecule has 0 aliphatic rings. The van der Waals surface area contributed by atoms with Crippen LogP contribution in [-0.2, 0) is 0 Å². The largest absolute Gasteiger partial charge is 0.309 e. The van der Waals surface area contributed by atoms with Crippen LogP contribution >= 0.6 is 0 Å². The Hall–Kier alpha value is -9.95. The topological polar surface area (TPSA) is 53.5 Å². The van der Waals surface area contributed by atoms with E-state index in [1.807, 2.05) is 150 Å². The lowest BCUT2D eigenvalue weighted by molar-refractivity contribution is 0.950. The average Bonchev–Trinajstić information content (AvgIpc) is 1.76. The smallest absolute Gasteiger partial charge is 0.238 e. The van der Waals surface area contributed by atoms with Crippen molar-refractivity contribution in [3.8, 4) is 40.1 Å². The predicted octanol–water partition coefficient (Wildman–Crippen LogP) is 13.9. The summed E-state index contributed by atoms with van der Waals surface area (Å²) in [6.45, 7) is 0. The van der Waals surface area contributed by atoms with Crippen molar-refractivity contribution in [3.05, 3.63) is 279 Å². The second-order valence-electron chi connectivity index (χ2n) is 18.8. The van der Waals surface area contributed by atoms with Gasteiger partial charge in [-0.15, -0.1) is 0 Å². The molecular formula is C69H46N6Si. The van der Waals surface area contributed by atoms with E-state index in [1.165, 1.54) is 0 Å². The SMILES string of the molecule is [2H]c1c([2H])c([2H])c(-c2nc(-c3c([2H])c([2H])c([2H])c([Si](c4ccccc4)(c4ccccc4)c4ccccc4)c3[2H])nc(-n3c4ccccc4c4cccc(-n5c6ccccc6c6cc(-n7c8ccccc8c8ccccc87)ccc65)c43)n2)c([2H])c1[2H]. The van der Waals surface area contributed by atoms with Crippen LogP contribution in [0.2, 0.25) is 0 Å². The summed E-state index contributed by atoms with van der Waals surface area (Å²) in [5.74, 6) is -0.611. The zero-order valence-electron chi connectivity index (χ0n) is 49.5. The molecule has 0 unspecified atom stereocenters. The molecule has 0 atom stereocenters. The maximum absolute atomic E-state index is 10.6. The van der Waals surface area contributed by atoms with Crippen molar-refractivity contribution in [1.29, 1.82) is 0 Å². The maximum Gasteiger partial charge on any atom is 0.238 e. The fraction of sp³-hybridized carbons (Fsp3) is 0. The molecule has 7 heteroatoms. The molecule has 76 heavy (non-hydrogen) atoms. The van der Waals surface area contributed by atoms with E-state index in [0.717, 1.165) is 81.3 Å². The molecule has 15 aromatic rings. The van der Waals surface area contributed by atoms with Crippen LogP contribution in [0.3, 0.4) is 0 Å². The molecule has 0 aliphatic heterocycles. The lowest BCUT2D eigenvalue weighted by atomic mass is 10.1. The van der Waals surface area contributed by atoms with E-state index in [1.54, 1.807) is 0 Å². The average molecular weight is 996 g/mol. The summed E-state index contributed by atoms with van der Waals surface area (Å²) < 4.78 is 91.4. The minimum absolute atomic E-state index is 0.0422. The Morgan fingerprint density at radius 2 is 0.789 bits per heavy atom. The summed E-state index contributed by atoms with van der Waals surface area (Å²) in [6.07, 6.45) is 0. The Bertz CT molecular complexity index is 5080. The molecule has 0 saturated carbocycles. The Kier molecular flexibility index (Phi) is 8.17. The lowest BCUT2D eigenvalue weighted by Crippen LogP contribution is -2.74. The van der Waals surface area contributed by atoms with Crippen LogP contribution in [0.15, 0.2) is 279 Å². The molecule has 0 saturated heterocycles. The molecular weight excluding hydrogens is 941 g/mol. The van der Waals surface area contributed by atoms with Crippen molar-refractivity contribution >= 4 is 94.2 Å². The second kappa shape index (κ2) is 17.6. The van der Waals surface area contributed by atoms with Gasteiger partial charge < -0.3 is 9.13 Å². The third kappa shape index (κ3) is 6.69. The molecule has 0 aliphatic carbocycles. The lowest BCUT2D eigenvalue weighted by Gasteiger charge is -2.34. The Balaban J connectivity index is 1.05. The molecule has 15 rings (SSSR count). The number of fused-ring (bicyclic) bond motifs is 9. The maximum atomic E-state index is 10.6. The van der Waals surface area contributed by atoms with Crippen molar-refractivity contribution in [2.75, 3.05) is 0 Å². The number of rotatable bonds is 9. The first-order chi connectivity index (χ1) is 41.5. The van der Waals surface area contributed by atoms with Crippen LogP contribution in [0.5, 0.6) is 0 Å². The zero-order valence-corrected chi connectivity index (χ0v) is 41.5.